The molecule has 6 heteroatoms. The van der Waals surface area contributed by atoms with Gasteiger partial charge in [0.2, 0.25) is 0 Å². The van der Waals surface area contributed by atoms with Crippen LogP contribution in [0.5, 0.6) is 0 Å². The summed E-state index contributed by atoms with van der Waals surface area (Å²) in [6, 6.07) is 30.1. The van der Waals surface area contributed by atoms with Gasteiger partial charge in [-0.05, 0) is 111 Å². The van der Waals surface area contributed by atoms with E-state index in [1.54, 1.807) is 0 Å². The van der Waals surface area contributed by atoms with E-state index in [1.165, 1.54) is 0 Å². The van der Waals surface area contributed by atoms with Gasteiger partial charge in [-0.2, -0.15) is 0 Å². The summed E-state index contributed by atoms with van der Waals surface area (Å²) in [6.07, 6.45) is 0. The van der Waals surface area contributed by atoms with Gasteiger partial charge in [0.05, 0.1) is 0 Å². The smallest absolute Gasteiger partial charge is 0.193 e. The number of anilines is 4. The molecule has 4 N–H and O–H groups in total. The summed E-state index contributed by atoms with van der Waals surface area (Å²) < 4.78 is 0. The van der Waals surface area contributed by atoms with Gasteiger partial charge in [0.25, 0.3) is 0 Å². The highest BCUT2D eigenvalue weighted by atomic mass is 16.1. The van der Waals surface area contributed by atoms with Crippen molar-refractivity contribution in [3.05, 3.63) is 119 Å². The molecule has 6 nitrogen and oxygen atoms in total. The maximum absolute atomic E-state index is 12.3. The fraction of sp³-hybridized carbons (Fsp3) is 0.188. The minimum atomic E-state index is 0.0420. The zero-order valence-electron chi connectivity index (χ0n) is 22.5. The molecule has 0 saturated carbocycles. The van der Waals surface area contributed by atoms with Crippen molar-refractivity contribution in [3.8, 4) is 0 Å². The summed E-state index contributed by atoms with van der Waals surface area (Å²) in [7, 11) is 3.71. The molecule has 0 unspecified atom stereocenters. The first-order valence-corrected chi connectivity index (χ1v) is 12.8. The number of rotatable bonds is 10. The van der Waals surface area contributed by atoms with Gasteiger partial charge in [-0.1, -0.05) is 0 Å². The summed E-state index contributed by atoms with van der Waals surface area (Å²) >= 11 is 0. The van der Waals surface area contributed by atoms with Crippen molar-refractivity contribution in [2.45, 2.75) is 13.8 Å². The van der Waals surface area contributed by atoms with Crippen LogP contribution in [-0.4, -0.2) is 38.8 Å². The number of nitrogens with one attached hydrogen (secondary N) is 4. The fourth-order valence-corrected chi connectivity index (χ4v) is 3.80. The largest absolute Gasteiger partial charge is 0.388 e. The van der Waals surface area contributed by atoms with E-state index < -0.39 is 0 Å². The van der Waals surface area contributed by atoms with Crippen LogP contribution >= 0.6 is 0 Å². The number of carbonyl (C=O) groups is 2. The van der Waals surface area contributed by atoms with Crippen LogP contribution in [0.1, 0.15) is 45.7 Å². The third-order valence-corrected chi connectivity index (χ3v) is 5.93. The number of hydrogen-bond donors (Lipinski definition) is 4. The van der Waals surface area contributed by atoms with Crippen molar-refractivity contribution in [1.82, 2.24) is 0 Å². The van der Waals surface area contributed by atoms with Gasteiger partial charge in [-0.15, -0.1) is 0 Å². The first-order valence-electron chi connectivity index (χ1n) is 12.8. The maximum atomic E-state index is 12.3. The molecule has 0 aliphatic heterocycles. The van der Waals surface area contributed by atoms with Crippen LogP contribution in [0, 0.1) is 0 Å². The standard InChI is InChI=1S/C17H20N2O.C15H16N2O/c1-3-18-15-9-5-13(6-10-15)17(20)14-7-11-16(12-8-14)19-4-2;1-16-13-7-3-11(4-8-13)15(18)12-5-9-14(17-2)10-6-12/h5-12,18-19H,3-4H2,1-2H3;3-10,16-17H,1-2H3. The van der Waals surface area contributed by atoms with Crippen LogP contribution in [0.4, 0.5) is 22.7 Å². The first kappa shape index (κ1) is 28.0. The Morgan fingerprint density at radius 1 is 0.447 bits per heavy atom. The van der Waals surface area contributed by atoms with E-state index in [9.17, 15) is 9.59 Å². The molecular formula is C32H36N4O2. The van der Waals surface area contributed by atoms with Crippen molar-refractivity contribution in [1.29, 1.82) is 0 Å². The Hall–Kier alpha value is -4.58. The van der Waals surface area contributed by atoms with Crippen LogP contribution < -0.4 is 21.3 Å². The van der Waals surface area contributed by atoms with Gasteiger partial charge in [0.15, 0.2) is 11.6 Å². The summed E-state index contributed by atoms with van der Waals surface area (Å²) in [5, 5.41) is 12.5. The molecule has 0 radical (unpaired) electrons. The molecule has 4 rings (SSSR count). The van der Waals surface area contributed by atoms with Crippen LogP contribution in [-0.2, 0) is 0 Å². The zero-order valence-corrected chi connectivity index (χ0v) is 22.5. The van der Waals surface area contributed by atoms with E-state index in [1.807, 2.05) is 125 Å². The topological polar surface area (TPSA) is 82.3 Å². The highest BCUT2D eigenvalue weighted by Crippen LogP contribution is 2.17. The summed E-state index contributed by atoms with van der Waals surface area (Å²) in [4.78, 5) is 24.5. The number of benzene rings is 4. The molecule has 0 aliphatic rings. The van der Waals surface area contributed by atoms with E-state index in [-0.39, 0.29) is 11.6 Å². The van der Waals surface area contributed by atoms with Gasteiger partial charge < -0.3 is 21.3 Å². The molecule has 0 spiro atoms. The third-order valence-electron chi connectivity index (χ3n) is 5.93. The Kier molecular flexibility index (Phi) is 10.5. The van der Waals surface area contributed by atoms with Crippen LogP contribution in [0.25, 0.3) is 0 Å². The number of carbonyl (C=O) groups excluding carboxylic acids is 2. The molecule has 4 aromatic carbocycles. The maximum Gasteiger partial charge on any atom is 0.193 e. The minimum Gasteiger partial charge on any atom is -0.388 e. The Balaban J connectivity index is 0.000000212. The molecule has 0 fully saturated rings. The van der Waals surface area contributed by atoms with Crippen molar-refractivity contribution in [2.24, 2.45) is 0 Å². The lowest BCUT2D eigenvalue weighted by atomic mass is 10.0. The van der Waals surface area contributed by atoms with Crippen molar-refractivity contribution in [2.75, 3.05) is 48.5 Å². The van der Waals surface area contributed by atoms with Crippen molar-refractivity contribution < 1.29 is 9.59 Å². The van der Waals surface area contributed by atoms with Crippen molar-refractivity contribution >= 4 is 34.3 Å². The Bertz CT molecular complexity index is 1200. The molecule has 38 heavy (non-hydrogen) atoms. The molecule has 0 amide bonds. The van der Waals surface area contributed by atoms with E-state index in [4.69, 9.17) is 0 Å². The average Bonchev–Trinajstić information content (AvgIpc) is 2.98. The summed E-state index contributed by atoms with van der Waals surface area (Å²) in [6.45, 7) is 5.84. The Morgan fingerprint density at radius 3 is 0.895 bits per heavy atom. The lowest BCUT2D eigenvalue weighted by Gasteiger charge is -2.06. The van der Waals surface area contributed by atoms with Crippen LogP contribution in [0.2, 0.25) is 0 Å². The number of ketones is 2. The van der Waals surface area contributed by atoms with Gasteiger partial charge in [-0.25, -0.2) is 0 Å². The van der Waals surface area contributed by atoms with Crippen LogP contribution in [0.3, 0.4) is 0 Å². The lowest BCUT2D eigenvalue weighted by Crippen LogP contribution is -2.03. The van der Waals surface area contributed by atoms with E-state index in [0.29, 0.717) is 22.3 Å². The monoisotopic (exact) mass is 508 g/mol. The van der Waals surface area contributed by atoms with Gasteiger partial charge >= 0.3 is 0 Å². The molecule has 0 heterocycles. The second kappa shape index (κ2) is 14.2. The highest BCUT2D eigenvalue weighted by Gasteiger charge is 2.09. The molecule has 0 aromatic heterocycles. The second-order valence-electron chi connectivity index (χ2n) is 8.53. The molecule has 196 valence electrons. The minimum absolute atomic E-state index is 0.0420. The normalized spacial score (nSPS) is 10.0. The second-order valence-corrected chi connectivity index (χ2v) is 8.53. The van der Waals surface area contributed by atoms with E-state index in [2.05, 4.69) is 21.3 Å². The molecule has 4 aromatic rings. The summed E-state index contributed by atoms with van der Waals surface area (Å²) in [5.74, 6) is 0.0939. The molecule has 0 atom stereocenters. The fourth-order valence-electron chi connectivity index (χ4n) is 3.80. The van der Waals surface area contributed by atoms with Crippen molar-refractivity contribution in [3.63, 3.8) is 0 Å². The number of hydrogen-bond acceptors (Lipinski definition) is 6. The van der Waals surface area contributed by atoms with Gasteiger partial charge in [0.1, 0.15) is 0 Å². The van der Waals surface area contributed by atoms with Crippen LogP contribution in [0.15, 0.2) is 97.1 Å². The van der Waals surface area contributed by atoms with Gasteiger partial charge in [-0.3, -0.25) is 9.59 Å². The summed E-state index contributed by atoms with van der Waals surface area (Å²) in [5.41, 5.74) is 6.88. The SMILES string of the molecule is CCNc1ccc(C(=O)c2ccc(NCC)cc2)cc1.CNc1ccc(C(=O)c2ccc(NC)cc2)cc1. The Morgan fingerprint density at radius 2 is 0.684 bits per heavy atom. The Labute approximate surface area is 225 Å². The molecule has 0 saturated heterocycles. The first-order chi connectivity index (χ1) is 18.5. The van der Waals surface area contributed by atoms with E-state index in [0.717, 1.165) is 35.8 Å². The quantitative estimate of drug-likeness (QED) is 0.177. The third kappa shape index (κ3) is 7.71. The van der Waals surface area contributed by atoms with Gasteiger partial charge in [0, 0.05) is 72.2 Å². The molecule has 0 bridgehead atoms. The van der Waals surface area contributed by atoms with E-state index >= 15 is 0 Å². The predicted octanol–water partition coefficient (Wildman–Crippen LogP) is 6.78. The zero-order chi connectivity index (χ0) is 27.3. The molecular weight excluding hydrogens is 472 g/mol. The lowest BCUT2D eigenvalue weighted by molar-refractivity contribution is 0.103. The average molecular weight is 509 g/mol. The predicted molar refractivity (Wildman–Crippen MR) is 160 cm³/mol. The highest BCUT2D eigenvalue weighted by molar-refractivity contribution is 6.09. The molecule has 0 aliphatic carbocycles.